The minimum Gasteiger partial charge on any atom is -0.493 e. The van der Waals surface area contributed by atoms with E-state index >= 15 is 0 Å². The van der Waals surface area contributed by atoms with E-state index in [0.717, 1.165) is 12.0 Å². The Bertz CT molecular complexity index is 878. The molecule has 0 fully saturated rings. The summed E-state index contributed by atoms with van der Waals surface area (Å²) in [5, 5.41) is 2.36. The Hall–Kier alpha value is -2.87. The number of fused-ring (bicyclic) bond motifs is 1. The first-order valence-corrected chi connectivity index (χ1v) is 8.21. The van der Waals surface area contributed by atoms with Crippen LogP contribution >= 0.6 is 0 Å². The molecule has 0 unspecified atom stereocenters. The van der Waals surface area contributed by atoms with Crippen molar-refractivity contribution in [2.24, 2.45) is 0 Å². The average molecular weight is 316 g/mol. The highest BCUT2D eigenvalue weighted by atomic mass is 16.5. The van der Waals surface area contributed by atoms with E-state index in [0.29, 0.717) is 17.9 Å². The summed E-state index contributed by atoms with van der Waals surface area (Å²) in [5.41, 5.74) is 1.61. The van der Waals surface area contributed by atoms with Gasteiger partial charge < -0.3 is 4.74 Å². The average Bonchev–Trinajstić information content (AvgIpc) is 2.64. The second-order valence-corrected chi connectivity index (χ2v) is 5.65. The van der Waals surface area contributed by atoms with E-state index in [1.54, 1.807) is 12.1 Å². The van der Waals surface area contributed by atoms with Crippen molar-refractivity contribution in [3.63, 3.8) is 0 Å². The van der Waals surface area contributed by atoms with Gasteiger partial charge in [-0.1, -0.05) is 61.5 Å². The SMILES string of the molecule is CCCOc1ccccc1C(=O)C=Cc1ccc2ccccc2c1. The third kappa shape index (κ3) is 3.72. The monoisotopic (exact) mass is 316 g/mol. The third-order valence-electron chi connectivity index (χ3n) is 3.81. The number of benzene rings is 3. The zero-order valence-corrected chi connectivity index (χ0v) is 13.7. The fourth-order valence-electron chi connectivity index (χ4n) is 2.58. The largest absolute Gasteiger partial charge is 0.493 e. The number of allylic oxidation sites excluding steroid dienone is 1. The predicted octanol–water partition coefficient (Wildman–Crippen LogP) is 5.52. The maximum atomic E-state index is 12.5. The van der Waals surface area contributed by atoms with Gasteiger partial charge >= 0.3 is 0 Å². The Labute approximate surface area is 142 Å². The molecule has 0 saturated carbocycles. The van der Waals surface area contributed by atoms with Crippen molar-refractivity contribution >= 4 is 22.6 Å². The quantitative estimate of drug-likeness (QED) is 0.442. The first-order valence-electron chi connectivity index (χ1n) is 8.21. The predicted molar refractivity (Wildman–Crippen MR) is 99.5 cm³/mol. The minimum atomic E-state index is -0.0464. The van der Waals surface area contributed by atoms with Crippen molar-refractivity contribution in [1.82, 2.24) is 0 Å². The lowest BCUT2D eigenvalue weighted by atomic mass is 10.0. The molecule has 120 valence electrons. The Kier molecular flexibility index (Phi) is 5.07. The molecule has 0 aliphatic rings. The highest BCUT2D eigenvalue weighted by Gasteiger charge is 2.09. The van der Waals surface area contributed by atoms with E-state index in [4.69, 9.17) is 4.74 Å². The number of hydrogen-bond donors (Lipinski definition) is 0. The highest BCUT2D eigenvalue weighted by Crippen LogP contribution is 2.20. The van der Waals surface area contributed by atoms with Gasteiger partial charge in [0.1, 0.15) is 5.75 Å². The van der Waals surface area contributed by atoms with Gasteiger partial charge in [0.05, 0.1) is 12.2 Å². The van der Waals surface area contributed by atoms with Crippen LogP contribution in [0, 0.1) is 0 Å². The van der Waals surface area contributed by atoms with Crippen LogP contribution in [0.2, 0.25) is 0 Å². The number of hydrogen-bond acceptors (Lipinski definition) is 2. The summed E-state index contributed by atoms with van der Waals surface area (Å²) in [6.07, 6.45) is 4.37. The van der Waals surface area contributed by atoms with Gasteiger partial charge in [0.25, 0.3) is 0 Å². The van der Waals surface area contributed by atoms with E-state index in [9.17, 15) is 4.79 Å². The Morgan fingerprint density at radius 3 is 2.54 bits per heavy atom. The van der Waals surface area contributed by atoms with Crippen LogP contribution in [0.15, 0.2) is 72.8 Å². The van der Waals surface area contributed by atoms with Gasteiger partial charge in [0.15, 0.2) is 5.78 Å². The molecule has 0 aromatic heterocycles. The summed E-state index contributed by atoms with van der Waals surface area (Å²) in [7, 11) is 0. The fourth-order valence-corrected chi connectivity index (χ4v) is 2.58. The lowest BCUT2D eigenvalue weighted by molar-refractivity contribution is 0.104. The van der Waals surface area contributed by atoms with Gasteiger partial charge in [-0.25, -0.2) is 0 Å². The van der Waals surface area contributed by atoms with E-state index in [-0.39, 0.29) is 5.78 Å². The topological polar surface area (TPSA) is 26.3 Å². The second kappa shape index (κ2) is 7.60. The van der Waals surface area contributed by atoms with Gasteiger partial charge in [-0.15, -0.1) is 0 Å². The van der Waals surface area contributed by atoms with E-state index in [1.165, 1.54) is 10.8 Å². The summed E-state index contributed by atoms with van der Waals surface area (Å²) in [6.45, 7) is 2.66. The van der Waals surface area contributed by atoms with Gasteiger partial charge in [0, 0.05) is 0 Å². The first kappa shape index (κ1) is 16.0. The van der Waals surface area contributed by atoms with E-state index in [1.807, 2.05) is 49.4 Å². The van der Waals surface area contributed by atoms with Crippen LogP contribution in [0.5, 0.6) is 5.75 Å². The molecule has 3 rings (SSSR count). The summed E-state index contributed by atoms with van der Waals surface area (Å²) >= 11 is 0. The molecule has 0 atom stereocenters. The fraction of sp³-hybridized carbons (Fsp3) is 0.136. The van der Waals surface area contributed by atoms with Crippen molar-refractivity contribution < 1.29 is 9.53 Å². The minimum absolute atomic E-state index is 0.0464. The van der Waals surface area contributed by atoms with Crippen molar-refractivity contribution in [2.45, 2.75) is 13.3 Å². The molecule has 0 saturated heterocycles. The standard InChI is InChI=1S/C22H20O2/c1-2-15-24-22-10-6-5-9-20(22)21(23)14-12-17-11-13-18-7-3-4-8-19(18)16-17/h3-14,16H,2,15H2,1H3. The molecular formula is C22H20O2. The maximum Gasteiger partial charge on any atom is 0.189 e. The lowest BCUT2D eigenvalue weighted by Crippen LogP contribution is -2.02. The molecule has 3 aromatic rings. The van der Waals surface area contributed by atoms with Gasteiger partial charge in [-0.2, -0.15) is 0 Å². The first-order chi connectivity index (χ1) is 11.8. The number of carbonyl (C=O) groups is 1. The van der Waals surface area contributed by atoms with Crippen LogP contribution in [0.3, 0.4) is 0 Å². The van der Waals surface area contributed by atoms with Crippen LogP contribution in [0.4, 0.5) is 0 Å². The molecule has 0 heterocycles. The molecule has 2 heteroatoms. The van der Waals surface area contributed by atoms with Crippen molar-refractivity contribution in [2.75, 3.05) is 6.61 Å². The zero-order valence-electron chi connectivity index (χ0n) is 13.7. The molecule has 24 heavy (non-hydrogen) atoms. The molecule has 0 bridgehead atoms. The second-order valence-electron chi connectivity index (χ2n) is 5.65. The number of ketones is 1. The molecule has 0 aliphatic heterocycles. The number of para-hydroxylation sites is 1. The molecule has 2 nitrogen and oxygen atoms in total. The number of ether oxygens (including phenoxy) is 1. The smallest absolute Gasteiger partial charge is 0.189 e. The van der Waals surface area contributed by atoms with Crippen LogP contribution in [0.1, 0.15) is 29.3 Å². The summed E-state index contributed by atoms with van der Waals surface area (Å²) < 4.78 is 5.66. The van der Waals surface area contributed by atoms with Crippen LogP contribution < -0.4 is 4.74 Å². The summed E-state index contributed by atoms with van der Waals surface area (Å²) in [5.74, 6) is 0.599. The molecule has 0 spiro atoms. The normalized spacial score (nSPS) is 11.0. The van der Waals surface area contributed by atoms with Crippen molar-refractivity contribution in [3.05, 3.63) is 83.9 Å². The summed E-state index contributed by atoms with van der Waals surface area (Å²) in [4.78, 5) is 12.5. The molecule has 0 amide bonds. The van der Waals surface area contributed by atoms with Crippen molar-refractivity contribution in [3.8, 4) is 5.75 Å². The molecule has 0 aliphatic carbocycles. The maximum absolute atomic E-state index is 12.5. The van der Waals surface area contributed by atoms with E-state index < -0.39 is 0 Å². The van der Waals surface area contributed by atoms with Crippen LogP contribution in [-0.4, -0.2) is 12.4 Å². The lowest BCUT2D eigenvalue weighted by Gasteiger charge is -2.08. The van der Waals surface area contributed by atoms with Crippen LogP contribution in [-0.2, 0) is 0 Å². The highest BCUT2D eigenvalue weighted by molar-refractivity contribution is 6.08. The summed E-state index contributed by atoms with van der Waals surface area (Å²) in [6, 6.07) is 21.7. The van der Waals surface area contributed by atoms with Gasteiger partial charge in [-0.05, 0) is 47.0 Å². The molecule has 0 radical (unpaired) electrons. The Balaban J connectivity index is 1.81. The third-order valence-corrected chi connectivity index (χ3v) is 3.81. The van der Waals surface area contributed by atoms with Crippen molar-refractivity contribution in [1.29, 1.82) is 0 Å². The Morgan fingerprint density at radius 2 is 1.71 bits per heavy atom. The molecule has 0 N–H and O–H groups in total. The number of rotatable bonds is 6. The molecule has 3 aromatic carbocycles. The zero-order chi connectivity index (χ0) is 16.8. The van der Waals surface area contributed by atoms with Gasteiger partial charge in [0.2, 0.25) is 0 Å². The van der Waals surface area contributed by atoms with E-state index in [2.05, 4.69) is 24.3 Å². The number of carbonyl (C=O) groups excluding carboxylic acids is 1. The van der Waals surface area contributed by atoms with Gasteiger partial charge in [-0.3, -0.25) is 4.79 Å². The molecular weight excluding hydrogens is 296 g/mol. The Morgan fingerprint density at radius 1 is 0.958 bits per heavy atom. The van der Waals surface area contributed by atoms with Crippen LogP contribution in [0.25, 0.3) is 16.8 Å².